The summed E-state index contributed by atoms with van der Waals surface area (Å²) in [5.41, 5.74) is 1.54. The van der Waals surface area contributed by atoms with Crippen LogP contribution in [0, 0.1) is 5.92 Å². The molecule has 3 heteroatoms. The molecule has 2 atom stereocenters. The van der Waals surface area contributed by atoms with Gasteiger partial charge in [-0.15, -0.1) is 0 Å². The first-order valence-corrected chi connectivity index (χ1v) is 8.94. The van der Waals surface area contributed by atoms with E-state index in [0.29, 0.717) is 12.8 Å². The second-order valence-corrected chi connectivity index (χ2v) is 6.91. The lowest BCUT2D eigenvalue weighted by Gasteiger charge is -2.40. The summed E-state index contributed by atoms with van der Waals surface area (Å²) < 4.78 is 6.17. The van der Waals surface area contributed by atoms with E-state index in [-0.39, 0.29) is 11.9 Å². The minimum absolute atomic E-state index is 0.139. The zero-order chi connectivity index (χ0) is 18.3. The van der Waals surface area contributed by atoms with Crippen LogP contribution in [0.2, 0.25) is 0 Å². The van der Waals surface area contributed by atoms with E-state index in [9.17, 15) is 4.79 Å². The Balaban J connectivity index is 2.53. The van der Waals surface area contributed by atoms with Crippen LogP contribution in [0.25, 0.3) is 0 Å². The highest BCUT2D eigenvalue weighted by molar-refractivity contribution is 5.69. The zero-order valence-corrected chi connectivity index (χ0v) is 15.7. The van der Waals surface area contributed by atoms with Crippen molar-refractivity contribution in [1.29, 1.82) is 0 Å². The van der Waals surface area contributed by atoms with Gasteiger partial charge in [0.2, 0.25) is 0 Å². The van der Waals surface area contributed by atoms with Crippen LogP contribution in [0.4, 0.5) is 0 Å². The summed E-state index contributed by atoms with van der Waals surface area (Å²) in [6.07, 6.45) is 1.04. The number of ether oxygens (including phenoxy) is 1. The van der Waals surface area contributed by atoms with Crippen LogP contribution in [0.5, 0.6) is 0 Å². The Bertz CT molecular complexity index is 654. The number of hydrogen-bond donors (Lipinski definition) is 0. The Morgan fingerprint density at radius 2 is 1.60 bits per heavy atom. The van der Waals surface area contributed by atoms with Gasteiger partial charge in [0.25, 0.3) is 0 Å². The maximum atomic E-state index is 12.3. The van der Waals surface area contributed by atoms with Crippen molar-refractivity contribution in [1.82, 2.24) is 4.90 Å². The molecule has 0 saturated carbocycles. The van der Waals surface area contributed by atoms with Gasteiger partial charge in [0.05, 0.1) is 0 Å². The van der Waals surface area contributed by atoms with Gasteiger partial charge in [-0.3, -0.25) is 4.79 Å². The first-order valence-electron chi connectivity index (χ1n) is 8.94. The molecule has 0 saturated heterocycles. The van der Waals surface area contributed by atoms with Crippen molar-refractivity contribution in [3.05, 3.63) is 71.8 Å². The monoisotopic (exact) mass is 339 g/mol. The van der Waals surface area contributed by atoms with Crippen LogP contribution in [0.1, 0.15) is 31.4 Å². The molecule has 2 aromatic carbocycles. The molecule has 0 aliphatic carbocycles. The summed E-state index contributed by atoms with van der Waals surface area (Å²) in [4.78, 5) is 14.5. The molecular formula is C22H29NO2. The minimum atomic E-state index is -0.681. The van der Waals surface area contributed by atoms with Crippen molar-refractivity contribution >= 4 is 5.97 Å². The van der Waals surface area contributed by atoms with E-state index in [2.05, 4.69) is 50.2 Å². The number of hydrogen-bond acceptors (Lipinski definition) is 3. The highest BCUT2D eigenvalue weighted by Crippen LogP contribution is 2.38. The maximum Gasteiger partial charge on any atom is 0.306 e. The van der Waals surface area contributed by atoms with Gasteiger partial charge < -0.3 is 9.64 Å². The predicted molar refractivity (Wildman–Crippen MR) is 102 cm³/mol. The zero-order valence-electron chi connectivity index (χ0n) is 15.7. The van der Waals surface area contributed by atoms with Gasteiger partial charge >= 0.3 is 5.97 Å². The van der Waals surface area contributed by atoms with Gasteiger partial charge in [0, 0.05) is 25.3 Å². The lowest BCUT2D eigenvalue weighted by molar-refractivity contribution is -0.168. The summed E-state index contributed by atoms with van der Waals surface area (Å²) >= 11 is 0. The van der Waals surface area contributed by atoms with Crippen LogP contribution in [0.3, 0.4) is 0 Å². The van der Waals surface area contributed by atoms with Crippen molar-refractivity contribution in [2.45, 2.75) is 32.3 Å². The fraction of sp³-hybridized carbons (Fsp3) is 0.409. The second kappa shape index (κ2) is 8.82. The molecule has 0 bridgehead atoms. The molecule has 0 amide bonds. The molecular weight excluding hydrogens is 310 g/mol. The Hall–Kier alpha value is -2.13. The summed E-state index contributed by atoms with van der Waals surface area (Å²) in [6.45, 7) is 4.84. The third-order valence-corrected chi connectivity index (χ3v) is 4.59. The number of esters is 1. The van der Waals surface area contributed by atoms with Gasteiger partial charge in [-0.05, 0) is 25.2 Å². The number of nitrogens with zero attached hydrogens (tertiary/aromatic N) is 1. The molecule has 1 unspecified atom stereocenters. The summed E-state index contributed by atoms with van der Waals surface area (Å²) in [6, 6.07) is 20.4. The van der Waals surface area contributed by atoms with Gasteiger partial charge in [0.1, 0.15) is 5.60 Å². The third kappa shape index (κ3) is 4.93. The molecule has 25 heavy (non-hydrogen) atoms. The SMILES string of the molecule is CCC(=O)O[C@@](Cc1ccccc1)(c1ccccc1)C(C)CN(C)C. The predicted octanol–water partition coefficient (Wildman–Crippen LogP) is 4.28. The molecule has 2 aromatic rings. The first kappa shape index (κ1) is 19.2. The van der Waals surface area contributed by atoms with Gasteiger partial charge in [-0.1, -0.05) is 74.5 Å². The van der Waals surface area contributed by atoms with E-state index < -0.39 is 5.60 Å². The summed E-state index contributed by atoms with van der Waals surface area (Å²) in [5, 5.41) is 0. The summed E-state index contributed by atoms with van der Waals surface area (Å²) in [5.74, 6) is -0.0222. The van der Waals surface area contributed by atoms with E-state index in [1.54, 1.807) is 0 Å². The molecule has 0 radical (unpaired) electrons. The number of benzene rings is 2. The average molecular weight is 339 g/mol. The van der Waals surface area contributed by atoms with Crippen molar-refractivity contribution in [3.63, 3.8) is 0 Å². The Kier molecular flexibility index (Phi) is 6.77. The fourth-order valence-corrected chi connectivity index (χ4v) is 3.35. The standard InChI is InChI=1S/C22H29NO2/c1-5-21(24)25-22(18(2)17-23(3)4,20-14-10-7-11-15-20)16-19-12-8-6-9-13-19/h6-15,18H,5,16-17H2,1-4H3/t18?,22-/m1/s1. The van der Waals surface area contributed by atoms with Crippen molar-refractivity contribution in [2.24, 2.45) is 5.92 Å². The molecule has 2 rings (SSSR count). The lowest BCUT2D eigenvalue weighted by atomic mass is 9.77. The van der Waals surface area contributed by atoms with E-state index >= 15 is 0 Å². The normalized spacial score (nSPS) is 14.8. The number of carbonyl (C=O) groups excluding carboxylic acids is 1. The first-order chi connectivity index (χ1) is 12.0. The van der Waals surface area contributed by atoms with Crippen molar-refractivity contribution in [3.8, 4) is 0 Å². The van der Waals surface area contributed by atoms with E-state index in [4.69, 9.17) is 4.74 Å². The Labute approximate surface area is 151 Å². The lowest BCUT2D eigenvalue weighted by Crippen LogP contribution is -2.44. The summed E-state index contributed by atoms with van der Waals surface area (Å²) in [7, 11) is 4.10. The molecule has 3 nitrogen and oxygen atoms in total. The van der Waals surface area contributed by atoms with E-state index in [1.807, 2.05) is 43.3 Å². The van der Waals surface area contributed by atoms with Crippen molar-refractivity contribution < 1.29 is 9.53 Å². The molecule has 134 valence electrons. The highest BCUT2D eigenvalue weighted by atomic mass is 16.6. The molecule has 0 spiro atoms. The topological polar surface area (TPSA) is 29.5 Å². The Morgan fingerprint density at radius 1 is 1.04 bits per heavy atom. The van der Waals surface area contributed by atoms with E-state index in [0.717, 1.165) is 12.1 Å². The van der Waals surface area contributed by atoms with Crippen LogP contribution in [0.15, 0.2) is 60.7 Å². The fourth-order valence-electron chi connectivity index (χ4n) is 3.35. The average Bonchev–Trinajstić information content (AvgIpc) is 2.62. The largest absolute Gasteiger partial charge is 0.453 e. The van der Waals surface area contributed by atoms with Crippen molar-refractivity contribution in [2.75, 3.05) is 20.6 Å². The second-order valence-electron chi connectivity index (χ2n) is 6.91. The van der Waals surface area contributed by atoms with Gasteiger partial charge in [-0.25, -0.2) is 0 Å². The number of rotatable bonds is 8. The van der Waals surface area contributed by atoms with Gasteiger partial charge in [-0.2, -0.15) is 0 Å². The third-order valence-electron chi connectivity index (χ3n) is 4.59. The highest BCUT2D eigenvalue weighted by Gasteiger charge is 2.42. The smallest absolute Gasteiger partial charge is 0.306 e. The number of carbonyl (C=O) groups is 1. The van der Waals surface area contributed by atoms with Crippen LogP contribution >= 0.6 is 0 Å². The van der Waals surface area contributed by atoms with Crippen LogP contribution in [-0.4, -0.2) is 31.5 Å². The molecule has 0 fully saturated rings. The minimum Gasteiger partial charge on any atom is -0.453 e. The maximum absolute atomic E-state index is 12.3. The van der Waals surface area contributed by atoms with Crippen LogP contribution in [-0.2, 0) is 21.6 Å². The molecule has 0 aromatic heterocycles. The molecule has 0 aliphatic rings. The molecule has 0 aliphatic heterocycles. The quantitative estimate of drug-likeness (QED) is 0.673. The van der Waals surface area contributed by atoms with E-state index in [1.165, 1.54) is 5.56 Å². The molecule has 0 heterocycles. The van der Waals surface area contributed by atoms with Crippen LogP contribution < -0.4 is 0 Å². The van der Waals surface area contributed by atoms with Gasteiger partial charge in [0.15, 0.2) is 0 Å². The molecule has 0 N–H and O–H groups in total. The Morgan fingerprint density at radius 3 is 2.12 bits per heavy atom.